The second kappa shape index (κ2) is 9.66. The number of aliphatic hydroxyl groups excluding tert-OH is 1. The highest BCUT2D eigenvalue weighted by molar-refractivity contribution is 8.04. The normalized spacial score (nSPS) is 21.7. The number of carbonyl (C=O) groups excluding carboxylic acids is 1. The summed E-state index contributed by atoms with van der Waals surface area (Å²) in [5, 5.41) is 12.6. The Morgan fingerprint density at radius 3 is 2.56 bits per heavy atom. The first-order chi connectivity index (χ1) is 17.2. The van der Waals surface area contributed by atoms with Gasteiger partial charge in [-0.05, 0) is 59.6 Å². The van der Waals surface area contributed by atoms with Crippen LogP contribution in [0.1, 0.15) is 82.9 Å². The molecule has 2 heterocycles. The first-order valence-electron chi connectivity index (χ1n) is 13.3. The molecule has 5 rings (SSSR count). The van der Waals surface area contributed by atoms with E-state index in [1.54, 1.807) is 0 Å². The lowest BCUT2D eigenvalue weighted by Gasteiger charge is -2.45. The fraction of sp³-hybridized carbons (Fsp3) is 0.452. The van der Waals surface area contributed by atoms with E-state index < -0.39 is 11.6 Å². The van der Waals surface area contributed by atoms with Gasteiger partial charge in [-0.15, -0.1) is 0 Å². The second-order valence-electron chi connectivity index (χ2n) is 11.3. The Morgan fingerprint density at radius 1 is 1.11 bits per heavy atom. The molecule has 2 N–H and O–H groups in total. The summed E-state index contributed by atoms with van der Waals surface area (Å²) in [6.07, 6.45) is 8.64. The average Bonchev–Trinajstić information content (AvgIpc) is 3.33. The molecule has 1 fully saturated rings. The maximum atomic E-state index is 13.7. The number of esters is 1. The molecule has 4 nitrogen and oxygen atoms in total. The van der Waals surface area contributed by atoms with E-state index >= 15 is 0 Å². The van der Waals surface area contributed by atoms with Gasteiger partial charge in [0.25, 0.3) is 0 Å². The molecule has 2 aromatic carbocycles. The molecule has 1 atom stereocenters. The van der Waals surface area contributed by atoms with Crippen molar-refractivity contribution in [3.8, 4) is 0 Å². The predicted octanol–water partition coefficient (Wildman–Crippen LogP) is 8.31. The molecule has 0 radical (unpaired) electrons. The number of ether oxygens (including phenoxy) is 1. The number of cyclic esters (lactones) is 1. The Morgan fingerprint density at radius 2 is 1.86 bits per heavy atom. The lowest BCUT2D eigenvalue weighted by molar-refractivity contribution is -0.169. The molecular weight excluding hydrogens is 466 g/mol. The van der Waals surface area contributed by atoms with Gasteiger partial charge in [-0.25, -0.2) is 4.79 Å². The molecule has 1 aromatic heterocycles. The van der Waals surface area contributed by atoms with E-state index in [0.29, 0.717) is 11.3 Å². The Kier molecular flexibility index (Phi) is 6.71. The minimum absolute atomic E-state index is 0.123. The van der Waals surface area contributed by atoms with Gasteiger partial charge in [0.15, 0.2) is 0 Å². The van der Waals surface area contributed by atoms with E-state index in [9.17, 15) is 9.90 Å². The Hall–Kier alpha value is -2.66. The number of rotatable bonds is 5. The van der Waals surface area contributed by atoms with Crippen molar-refractivity contribution < 1.29 is 14.6 Å². The van der Waals surface area contributed by atoms with Crippen LogP contribution in [0.25, 0.3) is 10.9 Å². The molecule has 0 bridgehead atoms. The largest absolute Gasteiger partial charge is 0.511 e. The van der Waals surface area contributed by atoms with Gasteiger partial charge in [0.2, 0.25) is 0 Å². The maximum absolute atomic E-state index is 13.7. The fourth-order valence-corrected chi connectivity index (χ4v) is 7.26. The van der Waals surface area contributed by atoms with Crippen molar-refractivity contribution in [2.45, 2.75) is 88.6 Å². The maximum Gasteiger partial charge on any atom is 0.349 e. The smallest absolute Gasteiger partial charge is 0.349 e. The van der Waals surface area contributed by atoms with E-state index in [4.69, 9.17) is 4.74 Å². The lowest BCUT2D eigenvalue weighted by atomic mass is 9.69. The van der Waals surface area contributed by atoms with Crippen LogP contribution in [0.15, 0.2) is 64.2 Å². The second-order valence-corrected chi connectivity index (χ2v) is 12.4. The van der Waals surface area contributed by atoms with Crippen LogP contribution in [-0.2, 0) is 27.0 Å². The van der Waals surface area contributed by atoms with E-state index in [2.05, 4.69) is 56.9 Å². The van der Waals surface area contributed by atoms with Crippen molar-refractivity contribution in [2.24, 2.45) is 5.92 Å². The number of hydrogen-bond donors (Lipinski definition) is 2. The highest BCUT2D eigenvalue weighted by Crippen LogP contribution is 2.52. The lowest BCUT2D eigenvalue weighted by Crippen LogP contribution is -2.45. The van der Waals surface area contributed by atoms with Crippen LogP contribution in [0.2, 0.25) is 0 Å². The van der Waals surface area contributed by atoms with Crippen molar-refractivity contribution in [2.75, 3.05) is 0 Å². The summed E-state index contributed by atoms with van der Waals surface area (Å²) >= 11 is 1.35. The molecular formula is C31H37NO3S. The number of H-pyrrole nitrogens is 1. The zero-order chi connectivity index (χ0) is 25.5. The van der Waals surface area contributed by atoms with Crippen LogP contribution < -0.4 is 0 Å². The first kappa shape index (κ1) is 25.0. The van der Waals surface area contributed by atoms with Crippen LogP contribution >= 0.6 is 11.8 Å². The number of hydrogen-bond acceptors (Lipinski definition) is 4. The quantitative estimate of drug-likeness (QED) is 0.344. The molecule has 0 amide bonds. The van der Waals surface area contributed by atoms with Gasteiger partial charge in [0.05, 0.1) is 6.42 Å². The van der Waals surface area contributed by atoms with Gasteiger partial charge in [-0.3, -0.25) is 0 Å². The van der Waals surface area contributed by atoms with Crippen LogP contribution in [0.4, 0.5) is 0 Å². The number of aryl methyl sites for hydroxylation is 1. The van der Waals surface area contributed by atoms with Gasteiger partial charge < -0.3 is 14.8 Å². The minimum atomic E-state index is -0.810. The number of benzene rings is 2. The molecule has 36 heavy (non-hydrogen) atoms. The van der Waals surface area contributed by atoms with E-state index in [1.807, 2.05) is 24.4 Å². The SMILES string of the molecule is CCc1ccccc1[C@@]1(C2CCCCC2)CC(O)=C(Sc2cc3cc[nH]c3cc2C(C)(C)C)C(=O)O1. The van der Waals surface area contributed by atoms with Crippen LogP contribution in [0.5, 0.6) is 0 Å². The Labute approximate surface area is 218 Å². The number of aliphatic hydroxyl groups is 1. The zero-order valence-corrected chi connectivity index (χ0v) is 22.6. The number of nitrogens with one attached hydrogen (secondary N) is 1. The van der Waals surface area contributed by atoms with Gasteiger partial charge in [0, 0.05) is 27.9 Å². The summed E-state index contributed by atoms with van der Waals surface area (Å²) in [5.74, 6) is -0.0473. The van der Waals surface area contributed by atoms with Gasteiger partial charge in [0.1, 0.15) is 16.3 Å². The molecule has 1 saturated carbocycles. The third kappa shape index (κ3) is 4.47. The molecule has 2 aliphatic rings. The van der Waals surface area contributed by atoms with Gasteiger partial charge in [-0.2, -0.15) is 0 Å². The molecule has 0 unspecified atom stereocenters. The highest BCUT2D eigenvalue weighted by atomic mass is 32.2. The molecule has 190 valence electrons. The third-order valence-electron chi connectivity index (χ3n) is 7.94. The number of thioether (sulfide) groups is 1. The number of aromatic nitrogens is 1. The highest BCUT2D eigenvalue weighted by Gasteiger charge is 2.50. The van der Waals surface area contributed by atoms with E-state index in [0.717, 1.165) is 59.0 Å². The summed E-state index contributed by atoms with van der Waals surface area (Å²) in [7, 11) is 0. The van der Waals surface area contributed by atoms with E-state index in [-0.39, 0.29) is 17.1 Å². The van der Waals surface area contributed by atoms with Crippen LogP contribution in [-0.4, -0.2) is 16.1 Å². The van der Waals surface area contributed by atoms with Gasteiger partial charge >= 0.3 is 5.97 Å². The molecule has 1 aliphatic carbocycles. The summed E-state index contributed by atoms with van der Waals surface area (Å²) in [4.78, 5) is 18.3. The third-order valence-corrected chi connectivity index (χ3v) is 9.11. The Balaban J connectivity index is 1.58. The van der Waals surface area contributed by atoms with Crippen molar-refractivity contribution >= 4 is 28.6 Å². The molecule has 3 aromatic rings. The minimum Gasteiger partial charge on any atom is -0.511 e. The van der Waals surface area contributed by atoms with Crippen LogP contribution in [0, 0.1) is 5.92 Å². The summed E-state index contributed by atoms with van der Waals surface area (Å²) in [6.45, 7) is 8.65. The topological polar surface area (TPSA) is 62.3 Å². The monoisotopic (exact) mass is 503 g/mol. The molecule has 5 heteroatoms. The number of carbonyl (C=O) groups is 1. The number of aromatic amines is 1. The van der Waals surface area contributed by atoms with Crippen molar-refractivity contribution in [1.29, 1.82) is 0 Å². The fourth-order valence-electron chi connectivity index (χ4n) is 6.06. The standard InChI is InChI=1S/C31H37NO3S/c1-5-20-11-9-10-14-23(20)31(22-12-7-6-8-13-22)19-26(33)28(29(34)35-31)36-27-17-21-15-16-32-25(21)18-24(27)30(2,3)4/h9-11,14-18,22,32-33H,5-8,12-13,19H2,1-4H3/t31-/m0/s1. The van der Waals surface area contributed by atoms with Gasteiger partial charge in [-0.1, -0.05) is 83.0 Å². The van der Waals surface area contributed by atoms with Crippen LogP contribution in [0.3, 0.4) is 0 Å². The molecule has 0 saturated heterocycles. The van der Waals surface area contributed by atoms with Crippen molar-refractivity contribution in [1.82, 2.24) is 4.98 Å². The molecule has 1 aliphatic heterocycles. The summed E-state index contributed by atoms with van der Waals surface area (Å²) < 4.78 is 6.51. The zero-order valence-electron chi connectivity index (χ0n) is 21.8. The summed E-state index contributed by atoms with van der Waals surface area (Å²) in [6, 6.07) is 14.6. The predicted molar refractivity (Wildman–Crippen MR) is 147 cm³/mol. The van der Waals surface area contributed by atoms with Crippen molar-refractivity contribution in [3.05, 3.63) is 76.0 Å². The van der Waals surface area contributed by atoms with Crippen molar-refractivity contribution in [3.63, 3.8) is 0 Å². The first-order valence-corrected chi connectivity index (χ1v) is 14.1. The Bertz CT molecular complexity index is 1310. The van der Waals surface area contributed by atoms with E-state index in [1.165, 1.54) is 23.7 Å². The average molecular weight is 504 g/mol. The molecule has 0 spiro atoms. The summed E-state index contributed by atoms with van der Waals surface area (Å²) in [5.41, 5.74) is 3.52. The number of fused-ring (bicyclic) bond motifs is 1.